The van der Waals surface area contributed by atoms with Crippen LogP contribution in [0, 0.1) is 0 Å². The molecule has 108 valence electrons. The van der Waals surface area contributed by atoms with Gasteiger partial charge in [-0.05, 0) is 0 Å². The summed E-state index contributed by atoms with van der Waals surface area (Å²) in [6.45, 7) is 0. The maximum atomic E-state index is 9.10. The molecule has 0 amide bonds. The summed E-state index contributed by atoms with van der Waals surface area (Å²) in [5.41, 5.74) is 0. The Hall–Kier alpha value is -2.08. The second kappa shape index (κ2) is 11.4. The van der Waals surface area contributed by atoms with Gasteiger partial charge in [0.15, 0.2) is 0 Å². The van der Waals surface area contributed by atoms with Gasteiger partial charge in [-0.15, -0.1) is 0 Å². The summed E-state index contributed by atoms with van der Waals surface area (Å²) < 4.78 is 8.88. The number of carbonyl (C=O) groups is 4. The maximum Gasteiger partial charge on any atom is 0.466 e. The van der Waals surface area contributed by atoms with Crippen LogP contribution in [0.3, 0.4) is 0 Å². The molecule has 0 aliphatic rings. The zero-order valence-corrected chi connectivity index (χ0v) is 8.92. The summed E-state index contributed by atoms with van der Waals surface area (Å²) in [5.74, 6) is -7.30. The lowest BCUT2D eigenvalue weighted by Gasteiger charge is -1.82. The Morgan fingerprint density at radius 3 is 0.667 bits per heavy atom. The van der Waals surface area contributed by atoms with E-state index in [4.69, 9.17) is 58.8 Å². The van der Waals surface area contributed by atoms with Gasteiger partial charge in [0.2, 0.25) is 0 Å². The summed E-state index contributed by atoms with van der Waals surface area (Å²) in [6.07, 6.45) is 0. The Morgan fingerprint density at radius 2 is 0.667 bits per heavy atom. The molecule has 0 aromatic heterocycles. The van der Waals surface area contributed by atoms with E-state index in [-0.39, 0.29) is 4.70 Å². The highest BCUT2D eigenvalue weighted by Crippen LogP contribution is 2.25. The first-order valence-electron chi connectivity index (χ1n) is 2.99. The summed E-state index contributed by atoms with van der Waals surface area (Å²) in [7, 11) is -4.64. The molecule has 0 bridgehead atoms. The largest absolute Gasteiger partial charge is 0.473 e. The molecule has 0 rings (SSSR count). The van der Waals surface area contributed by atoms with Crippen LogP contribution >= 0.6 is 7.82 Å². The van der Waals surface area contributed by atoms with Gasteiger partial charge in [0.1, 0.15) is 0 Å². The summed E-state index contributed by atoms with van der Waals surface area (Å²) >= 11 is 0. The van der Waals surface area contributed by atoms with Gasteiger partial charge in [0.05, 0.1) is 0 Å². The van der Waals surface area contributed by atoms with Gasteiger partial charge in [-0.2, -0.15) is 0 Å². The maximum absolute atomic E-state index is 9.10. The molecule has 0 aliphatic heterocycles. The van der Waals surface area contributed by atoms with E-state index < -0.39 is 31.7 Å². The monoisotopic (exact) mass is 298 g/mol. The van der Waals surface area contributed by atoms with Crippen LogP contribution in [0.2, 0.25) is 0 Å². The standard InChI is InChI=1S/2C2H2O4.FH.H3O4P/c2*3-1(4)2(5)6;;1-5(2,3)4/h2*(H,3,4)(H,5,6);1H;(H3,1,2,3,4). The molecule has 0 aromatic rings. The van der Waals surface area contributed by atoms with Crippen LogP contribution in [0.4, 0.5) is 4.70 Å². The van der Waals surface area contributed by atoms with Gasteiger partial charge in [-0.3, -0.25) is 4.70 Å². The number of rotatable bonds is 0. The smallest absolute Gasteiger partial charge is 0.466 e. The minimum absolute atomic E-state index is 0. The van der Waals surface area contributed by atoms with E-state index in [0.717, 1.165) is 0 Å². The normalized spacial score (nSPS) is 8.17. The highest BCUT2D eigenvalue weighted by atomic mass is 31.2. The first-order valence-corrected chi connectivity index (χ1v) is 4.56. The van der Waals surface area contributed by atoms with Gasteiger partial charge < -0.3 is 35.1 Å². The number of hydrogen-bond donors (Lipinski definition) is 7. The molecule has 0 radical (unpaired) electrons. The Kier molecular flexibility index (Phi) is 15.8. The highest BCUT2D eigenvalue weighted by Gasteiger charge is 2.04. The lowest BCUT2D eigenvalue weighted by molar-refractivity contribution is -0.159. The molecule has 0 aromatic carbocycles. The second-order valence-electron chi connectivity index (χ2n) is 1.73. The molecule has 18 heavy (non-hydrogen) atoms. The molecule has 0 spiro atoms. The zero-order valence-electron chi connectivity index (χ0n) is 8.03. The number of carboxylic acid groups (broad SMARTS) is 4. The topological polar surface area (TPSA) is 227 Å². The van der Waals surface area contributed by atoms with Gasteiger partial charge in [-0.25, -0.2) is 23.7 Å². The fraction of sp³-hybridized carbons (Fsp3) is 0. The van der Waals surface area contributed by atoms with Gasteiger partial charge in [0.25, 0.3) is 0 Å². The average molecular weight is 298 g/mol. The lowest BCUT2D eigenvalue weighted by atomic mass is 10.7. The molecular weight excluding hydrogens is 290 g/mol. The molecular formula is C4H8FO12P. The van der Waals surface area contributed by atoms with E-state index in [0.29, 0.717) is 0 Å². The van der Waals surface area contributed by atoms with E-state index in [1.165, 1.54) is 0 Å². The molecule has 0 atom stereocenters. The minimum Gasteiger partial charge on any atom is -0.473 e. The van der Waals surface area contributed by atoms with Crippen molar-refractivity contribution in [2.24, 2.45) is 0 Å². The Labute approximate surface area is 96.3 Å². The Morgan fingerprint density at radius 1 is 0.611 bits per heavy atom. The van der Waals surface area contributed by atoms with Crippen molar-refractivity contribution >= 4 is 31.7 Å². The van der Waals surface area contributed by atoms with Crippen molar-refractivity contribution in [1.29, 1.82) is 0 Å². The lowest BCUT2D eigenvalue weighted by Crippen LogP contribution is -2.09. The third kappa shape index (κ3) is 66.3. The fourth-order valence-electron chi connectivity index (χ4n) is 0. The molecule has 0 unspecified atom stereocenters. The van der Waals surface area contributed by atoms with Crippen molar-refractivity contribution in [2.75, 3.05) is 0 Å². The van der Waals surface area contributed by atoms with Gasteiger partial charge >= 0.3 is 31.7 Å². The highest BCUT2D eigenvalue weighted by molar-refractivity contribution is 7.45. The van der Waals surface area contributed by atoms with Gasteiger partial charge in [-0.1, -0.05) is 0 Å². The van der Waals surface area contributed by atoms with Crippen LogP contribution in [-0.2, 0) is 23.7 Å². The van der Waals surface area contributed by atoms with E-state index in [9.17, 15) is 0 Å². The Bertz CT molecular complexity index is 286. The first-order chi connectivity index (χ1) is 7.29. The number of phosphoric acid groups is 1. The third-order valence-electron chi connectivity index (χ3n) is 0.366. The Balaban J connectivity index is -0.0000000799. The van der Waals surface area contributed by atoms with Gasteiger partial charge in [0, 0.05) is 0 Å². The quantitative estimate of drug-likeness (QED) is 0.182. The SMILES string of the molecule is F.O=C(O)C(=O)O.O=C(O)C(=O)O.O=P(O)(O)O. The summed E-state index contributed by atoms with van der Waals surface area (Å²) in [4.78, 5) is 58.0. The summed E-state index contributed by atoms with van der Waals surface area (Å²) in [6, 6.07) is 0. The van der Waals surface area contributed by atoms with Crippen LogP contribution < -0.4 is 0 Å². The first kappa shape index (κ1) is 24.9. The molecule has 0 heterocycles. The molecule has 14 heteroatoms. The number of hydrogen-bond acceptors (Lipinski definition) is 5. The van der Waals surface area contributed by atoms with E-state index >= 15 is 0 Å². The molecule has 7 N–H and O–H groups in total. The fourth-order valence-corrected chi connectivity index (χ4v) is 0. The van der Waals surface area contributed by atoms with Crippen molar-refractivity contribution in [3.8, 4) is 0 Å². The van der Waals surface area contributed by atoms with Crippen molar-refractivity contribution in [1.82, 2.24) is 0 Å². The molecule has 0 aliphatic carbocycles. The van der Waals surface area contributed by atoms with Crippen molar-refractivity contribution < 1.29 is 63.6 Å². The summed E-state index contributed by atoms with van der Waals surface area (Å²) in [5, 5.41) is 29.6. The van der Waals surface area contributed by atoms with Crippen molar-refractivity contribution in [3.63, 3.8) is 0 Å². The molecule has 0 saturated carbocycles. The van der Waals surface area contributed by atoms with Crippen molar-refractivity contribution in [3.05, 3.63) is 0 Å². The molecule has 0 saturated heterocycles. The van der Waals surface area contributed by atoms with Crippen LogP contribution in [0.25, 0.3) is 0 Å². The molecule has 0 fully saturated rings. The number of aliphatic carboxylic acids is 4. The zero-order chi connectivity index (χ0) is 14.8. The number of halogens is 1. The van der Waals surface area contributed by atoms with Crippen LogP contribution in [0.5, 0.6) is 0 Å². The van der Waals surface area contributed by atoms with E-state index in [1.807, 2.05) is 0 Å². The van der Waals surface area contributed by atoms with E-state index in [2.05, 4.69) is 0 Å². The predicted molar refractivity (Wildman–Crippen MR) is 47.3 cm³/mol. The van der Waals surface area contributed by atoms with Crippen LogP contribution in [-0.4, -0.2) is 59.0 Å². The van der Waals surface area contributed by atoms with Crippen LogP contribution in [0.1, 0.15) is 0 Å². The predicted octanol–water partition coefficient (Wildman–Crippen LogP) is -2.46. The van der Waals surface area contributed by atoms with Crippen LogP contribution in [0.15, 0.2) is 0 Å². The third-order valence-corrected chi connectivity index (χ3v) is 0.366. The molecule has 12 nitrogen and oxygen atoms in total. The van der Waals surface area contributed by atoms with E-state index in [1.54, 1.807) is 0 Å². The second-order valence-corrected chi connectivity index (χ2v) is 2.76. The van der Waals surface area contributed by atoms with Crippen molar-refractivity contribution in [2.45, 2.75) is 0 Å². The average Bonchev–Trinajstić information content (AvgIpc) is 2.01. The minimum atomic E-state index is -4.64. The number of carboxylic acids is 4.